The van der Waals surface area contributed by atoms with Gasteiger partial charge >= 0.3 is 18.3 Å². The lowest BCUT2D eigenvalue weighted by atomic mass is 9.78. The SMILES string of the molecule is CO[C@H]1C[C@@H]2CC[C@@H](C)[C@@](O)(O2)C(=O)C(=O)N2CCCC[C@H]2C(=O)O[C@H]([C@H](C)CC2CC[C@@H](OC(=O)Oc3ccc([N+](=O)[O-])cc3)[C@H](OC)C2)C[C@@H](OC(=O)Oc2ccc([N+](=O)[O-])cc2)[C@H](C)/C=C(\C)[C@@H](O)[C@@H](OC)C(=O)[C@H](C)C[C@H](C)/C=C/C=C/C=C/1C. The molecule has 3 heterocycles. The lowest BCUT2D eigenvalue weighted by molar-refractivity contribution is -0.385. The summed E-state index contributed by atoms with van der Waals surface area (Å²) >= 11 is 0. The fourth-order valence-corrected chi connectivity index (χ4v) is 12.3. The van der Waals surface area contributed by atoms with Gasteiger partial charge in [-0.3, -0.25) is 34.6 Å². The van der Waals surface area contributed by atoms with Crippen LogP contribution in [0.25, 0.3) is 0 Å². The summed E-state index contributed by atoms with van der Waals surface area (Å²) in [6.45, 7) is 12.3. The van der Waals surface area contributed by atoms with Gasteiger partial charge in [-0.25, -0.2) is 14.4 Å². The minimum Gasteiger partial charge on any atom is -0.460 e. The Labute approximate surface area is 519 Å². The summed E-state index contributed by atoms with van der Waals surface area (Å²) in [5.74, 6) is -9.25. The number of hydrogen-bond acceptors (Lipinski definition) is 21. The molecule has 2 aromatic rings. The number of nitro benzene ring substituents is 2. The first kappa shape index (κ1) is 70.9. The van der Waals surface area contributed by atoms with Crippen molar-refractivity contribution < 1.29 is 91.5 Å². The molecule has 6 rings (SSSR count). The van der Waals surface area contributed by atoms with Crippen molar-refractivity contribution in [3.05, 3.63) is 116 Å². The maximum atomic E-state index is 15.1. The lowest BCUT2D eigenvalue weighted by Crippen LogP contribution is -2.61. The van der Waals surface area contributed by atoms with Crippen molar-refractivity contribution in [2.24, 2.45) is 35.5 Å². The molecule has 1 amide bonds. The Morgan fingerprint density at radius 1 is 0.730 bits per heavy atom. The molecule has 2 saturated heterocycles. The highest BCUT2D eigenvalue weighted by atomic mass is 16.7. The van der Waals surface area contributed by atoms with Crippen LogP contribution in [0.1, 0.15) is 126 Å². The minimum absolute atomic E-state index is 0.0263. The zero-order chi connectivity index (χ0) is 65.3. The highest BCUT2D eigenvalue weighted by molar-refractivity contribution is 6.39. The number of benzene rings is 2. The number of amides is 1. The Balaban J connectivity index is 1.36. The number of carbonyl (C=O) groups excluding carboxylic acids is 6. The van der Waals surface area contributed by atoms with E-state index in [2.05, 4.69) is 0 Å². The second kappa shape index (κ2) is 33.0. The van der Waals surface area contributed by atoms with Gasteiger partial charge in [0.25, 0.3) is 23.1 Å². The predicted octanol–water partition coefficient (Wildman–Crippen LogP) is 10.2. The number of esters is 1. The highest BCUT2D eigenvalue weighted by Gasteiger charge is 2.53. The third kappa shape index (κ3) is 19.4. The topological polar surface area (TPSA) is 315 Å². The number of ketones is 2. The van der Waals surface area contributed by atoms with Crippen LogP contribution >= 0.6 is 0 Å². The van der Waals surface area contributed by atoms with Crippen LogP contribution in [0.2, 0.25) is 0 Å². The second-order valence-electron chi connectivity index (χ2n) is 24.2. The van der Waals surface area contributed by atoms with E-state index in [1.807, 2.05) is 51.2 Å². The number of fused-ring (bicyclic) bond motifs is 3. The van der Waals surface area contributed by atoms with E-state index in [1.54, 1.807) is 40.9 Å². The number of rotatable bonds is 12. The van der Waals surface area contributed by atoms with E-state index in [4.69, 9.17) is 42.6 Å². The van der Waals surface area contributed by atoms with Crippen molar-refractivity contribution in [1.82, 2.24) is 4.90 Å². The molecular weight excluding hydrogens is 1160 g/mol. The molecule has 2 aromatic carbocycles. The first-order chi connectivity index (χ1) is 42.3. The van der Waals surface area contributed by atoms with E-state index in [0.717, 1.165) is 22.6 Å². The summed E-state index contributed by atoms with van der Waals surface area (Å²) in [7, 11) is 4.33. The van der Waals surface area contributed by atoms with Gasteiger partial charge in [0.2, 0.25) is 5.79 Å². The summed E-state index contributed by atoms with van der Waals surface area (Å²) in [5.41, 5.74) is 0.639. The Morgan fingerprint density at radius 3 is 1.93 bits per heavy atom. The van der Waals surface area contributed by atoms with Crippen LogP contribution in [0.3, 0.4) is 0 Å². The molecule has 1 saturated carbocycles. The van der Waals surface area contributed by atoms with E-state index in [1.165, 1.54) is 50.6 Å². The summed E-state index contributed by atoms with van der Waals surface area (Å²) in [4.78, 5) is 108. The van der Waals surface area contributed by atoms with Gasteiger partial charge in [-0.05, 0) is 131 Å². The van der Waals surface area contributed by atoms with Crippen molar-refractivity contribution in [2.75, 3.05) is 27.9 Å². The Hall–Kier alpha value is -7.22. The van der Waals surface area contributed by atoms with Crippen molar-refractivity contribution >= 4 is 47.1 Å². The number of aliphatic hydroxyl groups is 2. The van der Waals surface area contributed by atoms with Gasteiger partial charge in [0.1, 0.15) is 48.1 Å². The standard InChI is InChI=1S/C65H87N3O21/c1-38-16-12-11-13-17-39(2)53(81-8)36-50-25-19-44(7)65(76,89-50)60(71)61(72)66-31-15-14-18-51(66)62(73)86-54(41(4)34-45-20-30-52(56(35-45)82-9)87-63(74)84-48-26-21-46(22-27-48)67(77)78)37-55(88-64(75)85-49-28-23-47(24-29-49)68(79)80)40(3)33-43(6)58(70)59(83-10)57(69)42(5)32-38/h11-13,16-17,21-24,26-29,33,38,40-42,44-45,50-56,58-59,70,76H,14-15,18-20,25,30-32,34-37H2,1-10H3/b13-11+,16-12+,39-17+,43-33+/t38-,40-,41-,42-,44-,45?,50+,51+,52-,53+,54+,55-,56-,58-,59+,65-/m1/s1. The number of ether oxygens (including phenoxy) is 9. The van der Waals surface area contributed by atoms with Gasteiger partial charge in [0.15, 0.2) is 5.78 Å². The largest absolute Gasteiger partial charge is 0.514 e. The van der Waals surface area contributed by atoms with E-state index in [0.29, 0.717) is 57.8 Å². The average Bonchev–Trinajstić information content (AvgIpc) is 1.36. The molecule has 2 bridgehead atoms. The molecule has 24 heteroatoms. The normalized spacial score (nSPS) is 33.1. The third-order valence-corrected chi connectivity index (χ3v) is 17.6. The van der Waals surface area contributed by atoms with E-state index in [-0.39, 0.29) is 71.9 Å². The van der Waals surface area contributed by atoms with Gasteiger partial charge in [0.05, 0.1) is 28.2 Å². The summed E-state index contributed by atoms with van der Waals surface area (Å²) in [6.07, 6.45) is 4.56. The Morgan fingerprint density at radius 2 is 1.35 bits per heavy atom. The fraction of sp³-hybridized carbons (Fsp3) is 0.600. The minimum atomic E-state index is -2.55. The van der Waals surface area contributed by atoms with Gasteiger partial charge in [-0.15, -0.1) is 0 Å². The zero-order valence-electron chi connectivity index (χ0n) is 52.4. The Bertz CT molecular complexity index is 2910. The number of nitrogens with zero attached hydrogens (tertiary/aromatic N) is 3. The number of hydrogen-bond donors (Lipinski definition) is 2. The van der Waals surface area contributed by atoms with Crippen LogP contribution < -0.4 is 9.47 Å². The molecule has 2 N–H and O–H groups in total. The number of cyclic esters (lactones) is 1. The Kier molecular flexibility index (Phi) is 26.3. The van der Waals surface area contributed by atoms with Crippen LogP contribution in [0.4, 0.5) is 21.0 Å². The number of carbonyl (C=O) groups is 6. The maximum Gasteiger partial charge on any atom is 0.514 e. The van der Waals surface area contributed by atoms with Crippen molar-refractivity contribution in [3.8, 4) is 11.5 Å². The average molecular weight is 1250 g/mol. The molecule has 4 aliphatic rings. The molecule has 16 atom stereocenters. The van der Waals surface area contributed by atoms with Crippen molar-refractivity contribution in [2.45, 2.75) is 186 Å². The monoisotopic (exact) mass is 1250 g/mol. The molecule has 488 valence electrons. The summed E-state index contributed by atoms with van der Waals surface area (Å²) < 4.78 is 52.8. The van der Waals surface area contributed by atoms with Gasteiger partial charge < -0.3 is 57.7 Å². The molecule has 0 radical (unpaired) electrons. The molecular formula is C65H87N3O21. The summed E-state index contributed by atoms with van der Waals surface area (Å²) in [6, 6.07) is 8.30. The molecule has 1 unspecified atom stereocenters. The van der Waals surface area contributed by atoms with Crippen molar-refractivity contribution in [3.63, 3.8) is 0 Å². The molecule has 89 heavy (non-hydrogen) atoms. The molecule has 3 fully saturated rings. The van der Waals surface area contributed by atoms with Crippen LogP contribution in [0.5, 0.6) is 11.5 Å². The predicted molar refractivity (Wildman–Crippen MR) is 322 cm³/mol. The van der Waals surface area contributed by atoms with Crippen molar-refractivity contribution in [1.29, 1.82) is 0 Å². The molecule has 1 aliphatic carbocycles. The van der Waals surface area contributed by atoms with Gasteiger partial charge in [-0.2, -0.15) is 0 Å². The molecule has 3 aliphatic heterocycles. The molecule has 0 aromatic heterocycles. The van der Waals surface area contributed by atoms with E-state index < -0.39 is 124 Å². The molecule has 24 nitrogen and oxygen atoms in total. The van der Waals surface area contributed by atoms with Crippen LogP contribution in [0, 0.1) is 55.7 Å². The number of aliphatic hydroxyl groups excluding tert-OH is 1. The molecule has 0 spiro atoms. The zero-order valence-corrected chi connectivity index (χ0v) is 52.4. The lowest BCUT2D eigenvalue weighted by Gasteiger charge is -2.43. The number of methoxy groups -OCH3 is 3. The maximum absolute atomic E-state index is 15.1. The smallest absolute Gasteiger partial charge is 0.460 e. The number of Topliss-reactive ketones (excluding diaryl/α,β-unsaturated/α-hetero) is 2. The third-order valence-electron chi connectivity index (χ3n) is 17.6. The van der Waals surface area contributed by atoms with Crippen LogP contribution in [-0.2, 0) is 52.3 Å². The second-order valence-corrected chi connectivity index (χ2v) is 24.2. The number of allylic oxidation sites excluding steroid dienone is 5. The number of non-ortho nitro benzene ring substituents is 2. The summed E-state index contributed by atoms with van der Waals surface area (Å²) in [5, 5.41) is 46.7. The number of piperidine rings is 1. The van der Waals surface area contributed by atoms with E-state index in [9.17, 15) is 54.4 Å². The highest BCUT2D eigenvalue weighted by Crippen LogP contribution is 2.39. The quantitative estimate of drug-likeness (QED) is 0.0379. The van der Waals surface area contributed by atoms with Gasteiger partial charge in [-0.1, -0.05) is 71.1 Å². The first-order valence-electron chi connectivity index (χ1n) is 30.5. The van der Waals surface area contributed by atoms with Crippen LogP contribution in [-0.4, -0.2) is 149 Å². The fourth-order valence-electron chi connectivity index (χ4n) is 12.3. The number of nitro groups is 2. The van der Waals surface area contributed by atoms with E-state index >= 15 is 4.79 Å². The van der Waals surface area contributed by atoms with Crippen LogP contribution in [0.15, 0.2) is 96.1 Å². The van der Waals surface area contributed by atoms with Gasteiger partial charge in [0, 0.05) is 82.7 Å². The first-order valence-corrected chi connectivity index (χ1v) is 30.5.